The zero-order valence-electron chi connectivity index (χ0n) is 39.2. The van der Waals surface area contributed by atoms with Crippen LogP contribution in [-0.4, -0.2) is 4.57 Å². The van der Waals surface area contributed by atoms with Crippen LogP contribution in [-0.2, 0) is 5.41 Å². The minimum atomic E-state index is -0.407. The molecule has 0 saturated carbocycles. The Balaban J connectivity index is 1.01. The van der Waals surface area contributed by atoms with E-state index in [0.717, 1.165) is 11.4 Å². The average Bonchev–Trinajstić information content (AvgIpc) is 3.92. The monoisotopic (exact) mass is 896 g/mol. The van der Waals surface area contributed by atoms with Crippen molar-refractivity contribution < 1.29 is 0 Å². The zero-order valence-corrected chi connectivity index (χ0v) is 39.2. The molecule has 2 nitrogen and oxygen atoms in total. The van der Waals surface area contributed by atoms with Gasteiger partial charge in [0.05, 0.1) is 16.7 Å². The third-order valence-corrected chi connectivity index (χ3v) is 15.5. The fraction of sp³-hybridized carbons (Fsp3) is 0.0882. The number of aromatic nitrogens is 1. The molecule has 5 atom stereocenters. The van der Waals surface area contributed by atoms with Gasteiger partial charge >= 0.3 is 0 Å². The van der Waals surface area contributed by atoms with E-state index in [0.29, 0.717) is 5.92 Å². The predicted molar refractivity (Wildman–Crippen MR) is 294 cm³/mol. The second-order valence-electron chi connectivity index (χ2n) is 19.2. The van der Waals surface area contributed by atoms with Crippen LogP contribution < -0.4 is 4.90 Å². The van der Waals surface area contributed by atoms with E-state index in [4.69, 9.17) is 0 Å². The van der Waals surface area contributed by atoms with Gasteiger partial charge in [-0.3, -0.25) is 0 Å². The largest absolute Gasteiger partial charge is 0.311 e. The van der Waals surface area contributed by atoms with Gasteiger partial charge in [-0.2, -0.15) is 0 Å². The van der Waals surface area contributed by atoms with E-state index in [2.05, 4.69) is 289 Å². The lowest BCUT2D eigenvalue weighted by atomic mass is 9.56. The molecule has 3 aliphatic rings. The molecule has 9 aromatic carbocycles. The number of para-hydroxylation sites is 3. The summed E-state index contributed by atoms with van der Waals surface area (Å²) in [6.07, 6.45) is 17.0. The second kappa shape index (κ2) is 17.3. The van der Waals surface area contributed by atoms with Crippen molar-refractivity contribution in [1.29, 1.82) is 0 Å². The van der Waals surface area contributed by atoms with Gasteiger partial charge < -0.3 is 9.47 Å². The van der Waals surface area contributed by atoms with E-state index in [9.17, 15) is 0 Å². The van der Waals surface area contributed by atoms with Crippen LogP contribution in [0.4, 0.5) is 11.4 Å². The molecule has 70 heavy (non-hydrogen) atoms. The Bertz CT molecular complexity index is 3530. The fourth-order valence-electron chi connectivity index (χ4n) is 12.4. The van der Waals surface area contributed by atoms with Gasteiger partial charge in [-0.25, -0.2) is 0 Å². The van der Waals surface area contributed by atoms with Crippen LogP contribution >= 0.6 is 0 Å². The average molecular weight is 897 g/mol. The van der Waals surface area contributed by atoms with E-state index < -0.39 is 5.41 Å². The number of rotatable bonds is 9. The first-order valence-electron chi connectivity index (χ1n) is 24.8. The van der Waals surface area contributed by atoms with Crippen molar-refractivity contribution in [3.63, 3.8) is 0 Å². The van der Waals surface area contributed by atoms with Gasteiger partial charge in [-0.05, 0) is 111 Å². The Labute approximate surface area is 411 Å². The van der Waals surface area contributed by atoms with Crippen molar-refractivity contribution in [2.24, 2.45) is 17.8 Å². The lowest BCUT2D eigenvalue weighted by Gasteiger charge is -2.46. The normalized spacial score (nSPS) is 20.0. The first-order valence-corrected chi connectivity index (χ1v) is 24.8. The summed E-state index contributed by atoms with van der Waals surface area (Å²) in [6.45, 7) is 2.42. The molecule has 0 amide bonds. The number of allylic oxidation sites excluding steroid dienone is 7. The molecule has 1 aromatic heterocycles. The van der Waals surface area contributed by atoms with E-state index in [1.54, 1.807) is 0 Å². The summed E-state index contributed by atoms with van der Waals surface area (Å²) in [5, 5.41) is 2.53. The van der Waals surface area contributed by atoms with Crippen LogP contribution in [0, 0.1) is 17.8 Å². The van der Waals surface area contributed by atoms with Crippen molar-refractivity contribution in [3.05, 3.63) is 295 Å². The van der Waals surface area contributed by atoms with Gasteiger partial charge in [0.1, 0.15) is 0 Å². The maximum Gasteiger partial charge on any atom is 0.0541 e. The molecule has 1 heterocycles. The maximum absolute atomic E-state index is 2.64. The van der Waals surface area contributed by atoms with E-state index in [1.807, 2.05) is 0 Å². The summed E-state index contributed by atoms with van der Waals surface area (Å²) in [7, 11) is 0. The van der Waals surface area contributed by atoms with Gasteiger partial charge in [0, 0.05) is 50.7 Å². The standard InChI is InChI=1S/C68H52N2/c1-47-19-11-15-29-62(47)68(53-24-9-4-10-25-53)63-45-52(57-26-12-16-30-65(57)70-66-31-17-13-27-60(66)61-28-14-18-32-67(61)70)37-43-58(63)59-44-42-56(46-64(59)68)69(54-38-33-50(34-39-54)48-20-5-2-6-21-48)55-40-35-51(36-41-55)49-22-7-3-8-23-49/h2-47,59,62,64H,1H3. The van der Waals surface area contributed by atoms with Gasteiger partial charge in [0.15, 0.2) is 0 Å². The molecule has 0 fully saturated rings. The first kappa shape index (κ1) is 41.7. The molecule has 0 spiro atoms. The molecule has 13 rings (SSSR count). The van der Waals surface area contributed by atoms with E-state index in [-0.39, 0.29) is 17.8 Å². The Morgan fingerprint density at radius 3 is 1.57 bits per heavy atom. The summed E-state index contributed by atoms with van der Waals surface area (Å²) in [4.78, 5) is 2.47. The predicted octanol–water partition coefficient (Wildman–Crippen LogP) is 17.5. The van der Waals surface area contributed by atoms with Crippen LogP contribution in [0.2, 0.25) is 0 Å². The Morgan fingerprint density at radius 2 is 0.957 bits per heavy atom. The lowest BCUT2D eigenvalue weighted by molar-refractivity contribution is 0.257. The fourth-order valence-corrected chi connectivity index (χ4v) is 12.4. The first-order chi connectivity index (χ1) is 34.6. The molecule has 0 radical (unpaired) electrons. The van der Waals surface area contributed by atoms with Crippen molar-refractivity contribution in [2.45, 2.75) is 18.3 Å². The highest BCUT2D eigenvalue weighted by molar-refractivity contribution is 6.09. The molecule has 5 unspecified atom stereocenters. The third kappa shape index (κ3) is 6.78. The number of fused-ring (bicyclic) bond motifs is 6. The van der Waals surface area contributed by atoms with Gasteiger partial charge in [-0.15, -0.1) is 0 Å². The number of benzene rings is 9. The summed E-state index contributed by atoms with van der Waals surface area (Å²) in [6, 6.07) is 85.2. The molecule has 10 aromatic rings. The van der Waals surface area contributed by atoms with E-state index >= 15 is 0 Å². The van der Waals surface area contributed by atoms with Crippen LogP contribution in [0.1, 0.15) is 29.5 Å². The van der Waals surface area contributed by atoms with Gasteiger partial charge in [0.25, 0.3) is 0 Å². The van der Waals surface area contributed by atoms with Crippen molar-refractivity contribution >= 4 is 33.2 Å². The molecule has 2 heteroatoms. The maximum atomic E-state index is 2.64. The summed E-state index contributed by atoms with van der Waals surface area (Å²) >= 11 is 0. The molecule has 0 aliphatic heterocycles. The molecular weight excluding hydrogens is 845 g/mol. The smallest absolute Gasteiger partial charge is 0.0541 e. The van der Waals surface area contributed by atoms with Crippen molar-refractivity contribution in [2.75, 3.05) is 4.90 Å². The molecule has 0 N–H and O–H groups in total. The SMILES string of the molecule is CC1C=CC=CC1C1(c2ccccc2)c2cc(-c3ccccc3-n3c4ccccc4c4ccccc43)ccc2C2C=CC(N(c3ccc(-c4ccccc4)cc3)c3ccc(-c4ccccc4)cc3)=CC21. The third-order valence-electron chi connectivity index (χ3n) is 15.5. The Morgan fingerprint density at radius 1 is 0.443 bits per heavy atom. The van der Waals surface area contributed by atoms with Crippen molar-refractivity contribution in [3.8, 4) is 39.1 Å². The van der Waals surface area contributed by atoms with Crippen molar-refractivity contribution in [1.82, 2.24) is 4.57 Å². The summed E-state index contributed by atoms with van der Waals surface area (Å²) in [5.41, 5.74) is 18.1. The second-order valence-corrected chi connectivity index (χ2v) is 19.2. The lowest BCUT2D eigenvalue weighted by Crippen LogP contribution is -2.44. The van der Waals surface area contributed by atoms with Crippen LogP contribution in [0.15, 0.2) is 279 Å². The van der Waals surface area contributed by atoms with Gasteiger partial charge in [-0.1, -0.05) is 225 Å². The molecule has 0 bridgehead atoms. The molecule has 3 aliphatic carbocycles. The number of hydrogen-bond donors (Lipinski definition) is 0. The van der Waals surface area contributed by atoms with E-state index in [1.165, 1.54) is 83.3 Å². The number of nitrogens with zero attached hydrogens (tertiary/aromatic N) is 2. The summed E-state index contributed by atoms with van der Waals surface area (Å²) in [5.74, 6) is 0.741. The quantitative estimate of drug-likeness (QED) is 0.140. The number of anilines is 2. The molecular formula is C68H52N2. The van der Waals surface area contributed by atoms with Gasteiger partial charge in [0.2, 0.25) is 0 Å². The highest BCUT2D eigenvalue weighted by Gasteiger charge is 2.57. The molecule has 0 saturated heterocycles. The Kier molecular flexibility index (Phi) is 10.3. The molecule has 334 valence electrons. The Hall–Kier alpha value is -8.46. The highest BCUT2D eigenvalue weighted by atomic mass is 15.1. The summed E-state index contributed by atoms with van der Waals surface area (Å²) < 4.78 is 2.47. The van der Waals surface area contributed by atoms with Crippen LogP contribution in [0.25, 0.3) is 60.9 Å². The minimum Gasteiger partial charge on any atom is -0.311 e. The number of hydrogen-bond acceptors (Lipinski definition) is 1. The van der Waals surface area contributed by atoms with Crippen LogP contribution in [0.3, 0.4) is 0 Å². The highest BCUT2D eigenvalue weighted by Crippen LogP contribution is 2.63. The topological polar surface area (TPSA) is 8.17 Å². The minimum absolute atomic E-state index is 0.103. The van der Waals surface area contributed by atoms with Crippen LogP contribution in [0.5, 0.6) is 0 Å². The zero-order chi connectivity index (χ0) is 46.6.